The molecular weight excluding hydrogens is 276 g/mol. The normalized spacial score (nSPS) is 26.8. The molecule has 6 nitrogen and oxygen atoms in total. The van der Waals surface area contributed by atoms with E-state index in [0.717, 1.165) is 0 Å². The summed E-state index contributed by atoms with van der Waals surface area (Å²) in [5.74, 6) is 3.69. The van der Waals surface area contributed by atoms with E-state index in [1.54, 1.807) is 13.8 Å². The Morgan fingerprint density at radius 2 is 1.38 bits per heavy atom. The van der Waals surface area contributed by atoms with E-state index < -0.39 is 30.2 Å². The molecule has 0 saturated carbocycles. The van der Waals surface area contributed by atoms with E-state index in [-0.39, 0.29) is 26.4 Å². The number of hydrogen-bond donors (Lipinski definition) is 2. The number of hydrogen-bond acceptors (Lipinski definition) is 6. The van der Waals surface area contributed by atoms with Crippen LogP contribution in [0, 0.1) is 24.7 Å². The lowest BCUT2D eigenvalue weighted by molar-refractivity contribution is -0.164. The first-order chi connectivity index (χ1) is 9.91. The first-order valence-electron chi connectivity index (χ1n) is 6.65. The molecule has 118 valence electrons. The Labute approximate surface area is 125 Å². The van der Waals surface area contributed by atoms with Gasteiger partial charge in [0.25, 0.3) is 0 Å². The molecule has 1 rings (SSSR count). The maximum absolute atomic E-state index is 10.1. The maximum Gasteiger partial charge on any atom is 0.164 e. The van der Waals surface area contributed by atoms with Crippen molar-refractivity contribution in [1.82, 2.24) is 0 Å². The van der Waals surface area contributed by atoms with Gasteiger partial charge >= 0.3 is 0 Å². The number of ether oxygens (including phenoxy) is 4. The molecule has 2 N–H and O–H groups in total. The largest absolute Gasteiger partial charge is 0.388 e. The minimum Gasteiger partial charge on any atom is -0.388 e. The van der Waals surface area contributed by atoms with Gasteiger partial charge in [-0.15, -0.1) is 12.8 Å². The van der Waals surface area contributed by atoms with Crippen molar-refractivity contribution in [3.05, 3.63) is 0 Å². The van der Waals surface area contributed by atoms with Crippen LogP contribution in [0.2, 0.25) is 0 Å². The molecule has 1 aliphatic heterocycles. The first-order valence-corrected chi connectivity index (χ1v) is 6.65. The van der Waals surface area contributed by atoms with Crippen molar-refractivity contribution < 1.29 is 29.2 Å². The van der Waals surface area contributed by atoms with Gasteiger partial charge in [-0.2, -0.15) is 0 Å². The second-order valence-corrected chi connectivity index (χ2v) is 5.14. The Morgan fingerprint density at radius 1 is 1.00 bits per heavy atom. The van der Waals surface area contributed by atoms with Gasteiger partial charge in [-0.25, -0.2) is 0 Å². The summed E-state index contributed by atoms with van der Waals surface area (Å²) in [5.41, 5.74) is 0. The average Bonchev–Trinajstić information content (AvgIpc) is 2.75. The van der Waals surface area contributed by atoms with Crippen LogP contribution in [0.5, 0.6) is 0 Å². The summed E-state index contributed by atoms with van der Waals surface area (Å²) in [6.07, 6.45) is 6.68. The van der Waals surface area contributed by atoms with Crippen molar-refractivity contribution >= 4 is 0 Å². The fourth-order valence-electron chi connectivity index (χ4n) is 2.08. The number of aliphatic hydroxyl groups excluding tert-OH is 2. The van der Waals surface area contributed by atoms with Gasteiger partial charge in [0.05, 0.1) is 13.2 Å². The zero-order valence-electron chi connectivity index (χ0n) is 12.3. The third kappa shape index (κ3) is 5.64. The molecule has 0 aromatic heterocycles. The van der Waals surface area contributed by atoms with Gasteiger partial charge < -0.3 is 29.2 Å². The van der Waals surface area contributed by atoms with Gasteiger partial charge in [-0.1, -0.05) is 11.8 Å². The Bertz CT molecular complexity index is 358. The highest BCUT2D eigenvalue weighted by Crippen LogP contribution is 2.32. The van der Waals surface area contributed by atoms with Crippen LogP contribution in [0.4, 0.5) is 0 Å². The molecule has 0 aromatic carbocycles. The first kappa shape index (κ1) is 17.9. The second kappa shape index (κ2) is 8.35. The molecule has 21 heavy (non-hydrogen) atoms. The zero-order valence-corrected chi connectivity index (χ0v) is 12.3. The molecule has 6 heteroatoms. The topological polar surface area (TPSA) is 77.4 Å². The van der Waals surface area contributed by atoms with Crippen LogP contribution in [0.3, 0.4) is 0 Å². The van der Waals surface area contributed by atoms with Crippen molar-refractivity contribution in [1.29, 1.82) is 0 Å². The Kier molecular flexibility index (Phi) is 7.13. The molecular formula is C15H22O6. The van der Waals surface area contributed by atoms with Crippen molar-refractivity contribution in [3.8, 4) is 24.7 Å². The molecule has 1 heterocycles. The summed E-state index contributed by atoms with van der Waals surface area (Å²) in [6, 6.07) is 0. The van der Waals surface area contributed by atoms with Crippen LogP contribution in [0.25, 0.3) is 0 Å². The van der Waals surface area contributed by atoms with Crippen LogP contribution in [0.1, 0.15) is 13.8 Å². The van der Waals surface area contributed by atoms with Gasteiger partial charge in [0.15, 0.2) is 5.79 Å². The smallest absolute Gasteiger partial charge is 0.164 e. The average molecular weight is 298 g/mol. The molecule has 1 aliphatic rings. The van der Waals surface area contributed by atoms with Crippen LogP contribution < -0.4 is 0 Å². The van der Waals surface area contributed by atoms with Gasteiger partial charge in [0, 0.05) is 0 Å². The van der Waals surface area contributed by atoms with Crippen LogP contribution in [-0.4, -0.2) is 66.8 Å². The number of terminal acetylenes is 2. The van der Waals surface area contributed by atoms with E-state index in [0.29, 0.717) is 0 Å². The van der Waals surface area contributed by atoms with Gasteiger partial charge in [0.1, 0.15) is 37.6 Å². The molecule has 0 amide bonds. The van der Waals surface area contributed by atoms with E-state index in [1.807, 2.05) is 0 Å². The van der Waals surface area contributed by atoms with E-state index in [1.165, 1.54) is 0 Å². The fraction of sp³-hybridized carbons (Fsp3) is 0.733. The van der Waals surface area contributed by atoms with Crippen LogP contribution in [-0.2, 0) is 18.9 Å². The maximum atomic E-state index is 10.1. The molecule has 1 fully saturated rings. The van der Waals surface area contributed by atoms with Crippen molar-refractivity contribution in [2.45, 2.75) is 44.1 Å². The Balaban J connectivity index is 2.61. The predicted octanol–water partition coefficient (Wildman–Crippen LogP) is -0.472. The van der Waals surface area contributed by atoms with Crippen molar-refractivity contribution in [2.75, 3.05) is 26.4 Å². The fourth-order valence-corrected chi connectivity index (χ4v) is 2.08. The highest BCUT2D eigenvalue weighted by Gasteiger charge is 2.47. The Hall–Kier alpha value is -1.12. The lowest BCUT2D eigenvalue weighted by atomic mass is 10.0. The summed E-state index contributed by atoms with van der Waals surface area (Å²) < 4.78 is 21.4. The van der Waals surface area contributed by atoms with Crippen LogP contribution in [0.15, 0.2) is 0 Å². The molecule has 0 aliphatic carbocycles. The molecule has 4 atom stereocenters. The summed E-state index contributed by atoms with van der Waals surface area (Å²) in [6.45, 7) is 3.55. The van der Waals surface area contributed by atoms with Crippen LogP contribution >= 0.6 is 0 Å². The minimum absolute atomic E-state index is 0.0112. The second-order valence-electron chi connectivity index (χ2n) is 5.14. The van der Waals surface area contributed by atoms with Crippen molar-refractivity contribution in [2.24, 2.45) is 0 Å². The van der Waals surface area contributed by atoms with Gasteiger partial charge in [0.2, 0.25) is 0 Å². The molecule has 1 saturated heterocycles. The third-order valence-corrected chi connectivity index (χ3v) is 2.87. The minimum atomic E-state index is -0.979. The SMILES string of the molecule is C#CCOC[C@@H](O)[C@H]1OC(C)(C)O[C@@H]1[C@H](O)COCC#C. The van der Waals surface area contributed by atoms with Crippen molar-refractivity contribution in [3.63, 3.8) is 0 Å². The zero-order chi connectivity index (χ0) is 15.9. The van der Waals surface area contributed by atoms with Gasteiger partial charge in [-0.05, 0) is 13.8 Å². The van der Waals surface area contributed by atoms with E-state index >= 15 is 0 Å². The highest BCUT2D eigenvalue weighted by atomic mass is 16.8. The van der Waals surface area contributed by atoms with E-state index in [4.69, 9.17) is 31.8 Å². The summed E-state index contributed by atoms with van der Waals surface area (Å²) >= 11 is 0. The molecule has 0 unspecified atom stereocenters. The molecule has 0 radical (unpaired) electrons. The summed E-state index contributed by atoms with van der Waals surface area (Å²) in [7, 11) is 0. The van der Waals surface area contributed by atoms with Gasteiger partial charge in [-0.3, -0.25) is 0 Å². The number of rotatable bonds is 8. The monoisotopic (exact) mass is 298 g/mol. The van der Waals surface area contributed by atoms with E-state index in [2.05, 4.69) is 11.8 Å². The standard InChI is InChI=1S/C15H22O6/c1-5-7-18-9-11(16)13-14(21-15(3,4)20-13)12(17)10-19-8-6-2/h1-2,11-14,16-17H,7-10H2,3-4H3/t11-,12-,13-,14-/m1/s1. The number of aliphatic hydroxyl groups is 2. The third-order valence-electron chi connectivity index (χ3n) is 2.87. The quantitative estimate of drug-likeness (QED) is 0.466. The lowest BCUT2D eigenvalue weighted by Gasteiger charge is -2.25. The highest BCUT2D eigenvalue weighted by molar-refractivity contribution is 4.92. The predicted molar refractivity (Wildman–Crippen MR) is 75.1 cm³/mol. The molecule has 0 aromatic rings. The summed E-state index contributed by atoms with van der Waals surface area (Å²) in [4.78, 5) is 0. The molecule has 0 spiro atoms. The Morgan fingerprint density at radius 3 is 1.71 bits per heavy atom. The summed E-state index contributed by atoms with van der Waals surface area (Å²) in [5, 5.41) is 20.2. The molecule has 0 bridgehead atoms. The lowest BCUT2D eigenvalue weighted by Crippen LogP contribution is -2.45. The van der Waals surface area contributed by atoms with E-state index in [9.17, 15) is 10.2 Å².